The van der Waals surface area contributed by atoms with E-state index in [0.29, 0.717) is 0 Å². The molecule has 15 aromatic carbocycles. The summed E-state index contributed by atoms with van der Waals surface area (Å²) >= 11 is 0. The number of fused-ring (bicyclic) bond motifs is 18. The molecule has 0 saturated carbocycles. The highest BCUT2D eigenvalue weighted by atomic mass is 16.3. The molecule has 0 aliphatic carbocycles. The minimum atomic E-state index is 0.815. The van der Waals surface area contributed by atoms with Gasteiger partial charge in [0.2, 0.25) is 0 Å². The van der Waals surface area contributed by atoms with E-state index in [2.05, 4.69) is 356 Å². The summed E-state index contributed by atoms with van der Waals surface area (Å²) in [5, 5.41) is 10.7. The number of nitrogens with zero attached hydrogens (tertiary/aromatic N) is 6. The highest BCUT2D eigenvalue weighted by molar-refractivity contribution is 6.15. The van der Waals surface area contributed by atoms with Crippen molar-refractivity contribution in [2.24, 2.45) is 0 Å². The maximum atomic E-state index is 6.38. The van der Waals surface area contributed by atoms with Crippen molar-refractivity contribution in [2.75, 3.05) is 0 Å². The molecule has 0 amide bonds. The predicted octanol–water partition coefficient (Wildman–Crippen LogP) is 28.2. The van der Waals surface area contributed by atoms with Gasteiger partial charge in [0.25, 0.3) is 0 Å². The summed E-state index contributed by atoms with van der Waals surface area (Å²) in [4.78, 5) is 14.0. The Morgan fingerprint density at radius 3 is 0.868 bits per heavy atom. The topological polar surface area (TPSA) is 92.9 Å². The Balaban J connectivity index is 0.000000104. The summed E-state index contributed by atoms with van der Waals surface area (Å²) in [5.74, 6) is 0. The molecule has 24 rings (SSSR count). The van der Waals surface area contributed by atoms with Crippen molar-refractivity contribution >= 4 is 132 Å². The molecule has 114 heavy (non-hydrogen) atoms. The third-order valence-electron chi connectivity index (χ3n) is 22.5. The molecule has 0 N–H and O–H groups in total. The molecule has 24 aromatic rings. The van der Waals surface area contributed by atoms with E-state index >= 15 is 0 Å². The van der Waals surface area contributed by atoms with Crippen molar-refractivity contribution in [3.05, 3.63) is 401 Å². The molecule has 9 aromatic heterocycles. The Kier molecular flexibility index (Phi) is 15.7. The standard InChI is InChI=1S/3C35H22N2O/c1-2-12-24(28-21-22-36-34-29-16-6-10-20-33(29)38-35(28)34)23(11-1)25-13-3-7-17-30(25)37-31-18-8-4-14-26(31)27-15-5-9-19-32(27)37;1-2-13-26(29-20-21-36-34-30-16-5-8-19-33(30)38-35(29)34)25(12-1)23-10-9-11-24(22-23)37-31-17-6-3-14-27(31)28-15-4-7-18-32(28)37;1-2-10-26(29-21-22-36-34-30-13-5-8-16-33(30)38-35(29)34)25(9-1)23-17-19-24(20-18-23)37-31-14-6-3-11-27(31)28-12-4-7-15-32(28)37/h3*1-22H. The SMILES string of the molecule is c1cc(-c2ccccc2-c2ccnc3c2oc2ccccc23)cc(-n2c3ccccc3c3ccccc32)c1.c1ccc(-c2ccnc3c2oc2ccccc23)c(-c2ccc(-n3c4ccccc4c4ccccc43)cc2)c1.c1ccc(-c2ccnc3c2oc2ccccc23)c(-c2ccccc2-n2c3ccccc3c3ccccc32)c1. The molecule has 0 spiro atoms. The van der Waals surface area contributed by atoms with Crippen molar-refractivity contribution in [2.45, 2.75) is 0 Å². The largest absolute Gasteiger partial charge is 0.454 e. The lowest BCUT2D eigenvalue weighted by Crippen LogP contribution is -1.98. The molecule has 0 radical (unpaired) electrons. The van der Waals surface area contributed by atoms with Crippen molar-refractivity contribution in [3.63, 3.8) is 0 Å². The van der Waals surface area contributed by atoms with Gasteiger partial charge in [-0.1, -0.05) is 261 Å². The Hall–Kier alpha value is -15.5. The van der Waals surface area contributed by atoms with Gasteiger partial charge in [-0.05, 0) is 166 Å². The van der Waals surface area contributed by atoms with E-state index in [-0.39, 0.29) is 0 Å². The molecule has 9 heterocycles. The van der Waals surface area contributed by atoms with Crippen LogP contribution in [0.25, 0.3) is 215 Å². The molecular weight excluding hydrogens is 1390 g/mol. The fourth-order valence-corrected chi connectivity index (χ4v) is 17.4. The van der Waals surface area contributed by atoms with Gasteiger partial charge in [0.15, 0.2) is 16.7 Å². The number of aromatic nitrogens is 6. The van der Waals surface area contributed by atoms with Crippen LogP contribution in [0.5, 0.6) is 0 Å². The first-order chi connectivity index (χ1) is 56.6. The Morgan fingerprint density at radius 1 is 0.184 bits per heavy atom. The van der Waals surface area contributed by atoms with E-state index < -0.39 is 0 Å². The first-order valence-corrected chi connectivity index (χ1v) is 38.4. The number of hydrogen-bond donors (Lipinski definition) is 0. The molecule has 0 atom stereocenters. The molecule has 0 fully saturated rings. The van der Waals surface area contributed by atoms with E-state index in [1.807, 2.05) is 73.2 Å². The third kappa shape index (κ3) is 10.8. The van der Waals surface area contributed by atoms with E-state index in [9.17, 15) is 0 Å². The zero-order valence-corrected chi connectivity index (χ0v) is 61.5. The molecule has 0 bridgehead atoms. The Morgan fingerprint density at radius 2 is 0.474 bits per heavy atom. The zero-order valence-electron chi connectivity index (χ0n) is 61.5. The minimum absolute atomic E-state index is 0.815. The van der Waals surface area contributed by atoms with Crippen LogP contribution in [0.1, 0.15) is 0 Å². The number of para-hydroxylation sites is 10. The normalized spacial score (nSPS) is 11.7. The first kappa shape index (κ1) is 65.6. The average Bonchev–Trinajstić information content (AvgIpc) is 1.58. The van der Waals surface area contributed by atoms with Gasteiger partial charge in [-0.2, -0.15) is 0 Å². The van der Waals surface area contributed by atoms with Crippen molar-refractivity contribution in [1.82, 2.24) is 28.7 Å². The van der Waals surface area contributed by atoms with Crippen LogP contribution < -0.4 is 0 Å². The van der Waals surface area contributed by atoms with Gasteiger partial charge in [0, 0.05) is 101 Å². The monoisotopic (exact) mass is 1460 g/mol. The van der Waals surface area contributed by atoms with Gasteiger partial charge < -0.3 is 27.0 Å². The van der Waals surface area contributed by atoms with Crippen molar-refractivity contribution in [1.29, 1.82) is 0 Å². The second-order valence-corrected chi connectivity index (χ2v) is 28.8. The summed E-state index contributed by atoms with van der Waals surface area (Å²) in [7, 11) is 0. The number of hydrogen-bond acceptors (Lipinski definition) is 6. The lowest BCUT2D eigenvalue weighted by atomic mass is 9.93. The summed E-state index contributed by atoms with van der Waals surface area (Å²) in [6.07, 6.45) is 5.64. The zero-order chi connectivity index (χ0) is 75.2. The maximum Gasteiger partial charge on any atom is 0.161 e. The fourth-order valence-electron chi connectivity index (χ4n) is 17.4. The van der Waals surface area contributed by atoms with Crippen molar-refractivity contribution < 1.29 is 13.3 Å². The van der Waals surface area contributed by atoms with Gasteiger partial charge in [-0.3, -0.25) is 15.0 Å². The molecule has 534 valence electrons. The lowest BCUT2D eigenvalue weighted by molar-refractivity contribution is 0.669. The van der Waals surface area contributed by atoms with Crippen LogP contribution >= 0.6 is 0 Å². The summed E-state index contributed by atoms with van der Waals surface area (Å²) in [6, 6.07) is 134. The summed E-state index contributed by atoms with van der Waals surface area (Å²) in [5.41, 5.74) is 31.8. The smallest absolute Gasteiger partial charge is 0.161 e. The van der Waals surface area contributed by atoms with Gasteiger partial charge >= 0.3 is 0 Å². The molecule has 0 aliphatic heterocycles. The van der Waals surface area contributed by atoms with Gasteiger partial charge in [0.1, 0.15) is 33.3 Å². The minimum Gasteiger partial charge on any atom is -0.454 e. The van der Waals surface area contributed by atoms with Crippen LogP contribution in [0, 0.1) is 0 Å². The van der Waals surface area contributed by atoms with Crippen LogP contribution in [0.3, 0.4) is 0 Å². The van der Waals surface area contributed by atoms with E-state index in [4.69, 9.17) is 13.3 Å². The van der Waals surface area contributed by atoms with Crippen LogP contribution in [0.4, 0.5) is 0 Å². The second-order valence-electron chi connectivity index (χ2n) is 28.8. The molecule has 9 nitrogen and oxygen atoms in total. The quantitative estimate of drug-likeness (QED) is 0.143. The van der Waals surface area contributed by atoms with E-state index in [1.54, 1.807) is 0 Å². The first-order valence-electron chi connectivity index (χ1n) is 38.4. The van der Waals surface area contributed by atoms with Crippen LogP contribution in [-0.2, 0) is 0 Å². The third-order valence-corrected chi connectivity index (χ3v) is 22.5. The fraction of sp³-hybridized carbons (Fsp3) is 0. The highest BCUT2D eigenvalue weighted by Gasteiger charge is 2.24. The van der Waals surface area contributed by atoms with Gasteiger partial charge in [0.05, 0.1) is 38.8 Å². The van der Waals surface area contributed by atoms with E-state index in [0.717, 1.165) is 150 Å². The molecule has 0 unspecified atom stereocenters. The number of pyridine rings is 3. The summed E-state index contributed by atoms with van der Waals surface area (Å²) < 4.78 is 26.1. The van der Waals surface area contributed by atoms with Crippen LogP contribution in [0.2, 0.25) is 0 Å². The number of benzene rings is 15. The second kappa shape index (κ2) is 27.3. The number of rotatable bonds is 9. The Bertz CT molecular complexity index is 7740. The predicted molar refractivity (Wildman–Crippen MR) is 470 cm³/mol. The molecule has 9 heteroatoms. The van der Waals surface area contributed by atoms with Crippen LogP contribution in [0.15, 0.2) is 414 Å². The Labute approximate surface area is 654 Å². The van der Waals surface area contributed by atoms with Gasteiger partial charge in [-0.15, -0.1) is 0 Å². The maximum absolute atomic E-state index is 6.38. The van der Waals surface area contributed by atoms with Crippen LogP contribution in [-0.4, -0.2) is 28.7 Å². The highest BCUT2D eigenvalue weighted by Crippen LogP contribution is 2.46. The average molecular weight is 1460 g/mol. The summed E-state index contributed by atoms with van der Waals surface area (Å²) in [6.45, 7) is 0. The van der Waals surface area contributed by atoms with Gasteiger partial charge in [-0.25, -0.2) is 0 Å². The van der Waals surface area contributed by atoms with E-state index in [1.165, 1.54) is 65.4 Å². The molecule has 0 saturated heterocycles. The number of furan rings is 3. The molecular formula is C105H66N6O3. The molecule has 0 aliphatic rings. The van der Waals surface area contributed by atoms with Crippen molar-refractivity contribution in [3.8, 4) is 83.8 Å². The lowest BCUT2D eigenvalue weighted by Gasteiger charge is -2.17.